The molecule has 2 rings (SSSR count). The predicted octanol–water partition coefficient (Wildman–Crippen LogP) is -0.210. The third-order valence-corrected chi connectivity index (χ3v) is 2.71. The van der Waals surface area contributed by atoms with Gasteiger partial charge >= 0.3 is 11.7 Å². The SMILES string of the molecule is CCOC(=O)C=COCC1OCC(n2ccc(N)nc2=O)O1. The molecule has 2 unspecified atom stereocenters. The number of nitrogens with zero attached hydrogens (tertiary/aromatic N) is 2. The fourth-order valence-corrected chi connectivity index (χ4v) is 1.75. The van der Waals surface area contributed by atoms with E-state index < -0.39 is 24.2 Å². The summed E-state index contributed by atoms with van der Waals surface area (Å²) in [5, 5.41) is 0. The number of rotatable bonds is 6. The quantitative estimate of drug-likeness (QED) is 0.436. The minimum absolute atomic E-state index is 0.0730. The molecule has 9 heteroatoms. The lowest BCUT2D eigenvalue weighted by atomic mass is 10.5. The maximum Gasteiger partial charge on any atom is 0.351 e. The van der Waals surface area contributed by atoms with Gasteiger partial charge in [0.15, 0.2) is 12.5 Å². The molecule has 1 aromatic heterocycles. The zero-order valence-electron chi connectivity index (χ0n) is 12.0. The molecule has 1 aromatic rings. The highest BCUT2D eigenvalue weighted by atomic mass is 16.7. The monoisotopic (exact) mass is 311 g/mol. The van der Waals surface area contributed by atoms with Crippen LogP contribution in [0.2, 0.25) is 0 Å². The van der Waals surface area contributed by atoms with Gasteiger partial charge in [-0.1, -0.05) is 0 Å². The standard InChI is InChI=1S/C13H17N3O6/c1-2-20-11(17)4-6-19-8-12-21-7-10(22-12)16-5-3-9(14)15-13(16)18/h3-6,10,12H,2,7-8H2,1H3,(H2,14,15,18). The summed E-state index contributed by atoms with van der Waals surface area (Å²) in [7, 11) is 0. The third-order valence-electron chi connectivity index (χ3n) is 2.71. The highest BCUT2D eigenvalue weighted by Gasteiger charge is 2.28. The lowest BCUT2D eigenvalue weighted by molar-refractivity contribution is -0.137. The van der Waals surface area contributed by atoms with E-state index in [0.29, 0.717) is 6.61 Å². The van der Waals surface area contributed by atoms with Crippen LogP contribution in [0.4, 0.5) is 5.82 Å². The molecule has 1 saturated heterocycles. The average molecular weight is 311 g/mol. The number of nitrogen functional groups attached to an aromatic ring is 1. The Balaban J connectivity index is 1.80. The van der Waals surface area contributed by atoms with E-state index in [2.05, 4.69) is 9.72 Å². The molecule has 0 saturated carbocycles. The lowest BCUT2D eigenvalue weighted by Crippen LogP contribution is -2.28. The van der Waals surface area contributed by atoms with Gasteiger partial charge in [-0.15, -0.1) is 0 Å². The Hall–Kier alpha value is -2.39. The van der Waals surface area contributed by atoms with Crippen LogP contribution in [0.3, 0.4) is 0 Å². The Morgan fingerprint density at radius 2 is 2.45 bits per heavy atom. The largest absolute Gasteiger partial charge is 0.496 e. The Morgan fingerprint density at radius 1 is 1.64 bits per heavy atom. The van der Waals surface area contributed by atoms with Crippen LogP contribution in [0.1, 0.15) is 13.2 Å². The van der Waals surface area contributed by atoms with Gasteiger partial charge in [0.1, 0.15) is 12.4 Å². The van der Waals surface area contributed by atoms with Crippen LogP contribution in [0, 0.1) is 0 Å². The second-order valence-corrected chi connectivity index (χ2v) is 4.28. The molecule has 22 heavy (non-hydrogen) atoms. The Kier molecular flexibility index (Phi) is 5.50. The number of nitrogens with two attached hydrogens (primary N) is 1. The summed E-state index contributed by atoms with van der Waals surface area (Å²) in [6.45, 7) is 2.26. The first-order chi connectivity index (χ1) is 10.6. The van der Waals surface area contributed by atoms with Crippen molar-refractivity contribution >= 4 is 11.8 Å². The van der Waals surface area contributed by atoms with Gasteiger partial charge in [0, 0.05) is 6.20 Å². The second-order valence-electron chi connectivity index (χ2n) is 4.28. The highest BCUT2D eigenvalue weighted by Crippen LogP contribution is 2.19. The van der Waals surface area contributed by atoms with Crippen molar-refractivity contribution in [2.75, 3.05) is 25.6 Å². The summed E-state index contributed by atoms with van der Waals surface area (Å²) in [5.74, 6) is -0.350. The molecule has 1 aliphatic heterocycles. The summed E-state index contributed by atoms with van der Waals surface area (Å²) in [6.07, 6.45) is 2.60. The number of carbonyl (C=O) groups is 1. The van der Waals surface area contributed by atoms with E-state index in [0.717, 1.165) is 6.08 Å². The zero-order valence-corrected chi connectivity index (χ0v) is 12.0. The molecule has 120 valence electrons. The summed E-state index contributed by atoms with van der Waals surface area (Å²) >= 11 is 0. The average Bonchev–Trinajstić information content (AvgIpc) is 2.92. The number of esters is 1. The van der Waals surface area contributed by atoms with Crippen LogP contribution in [0.25, 0.3) is 0 Å². The van der Waals surface area contributed by atoms with Gasteiger partial charge in [0.2, 0.25) is 0 Å². The van der Waals surface area contributed by atoms with E-state index in [-0.39, 0.29) is 19.0 Å². The number of ether oxygens (including phenoxy) is 4. The molecule has 0 bridgehead atoms. The molecular formula is C13H17N3O6. The van der Waals surface area contributed by atoms with Crippen molar-refractivity contribution in [2.24, 2.45) is 0 Å². The second kappa shape index (κ2) is 7.57. The number of hydrogen-bond acceptors (Lipinski definition) is 8. The first-order valence-corrected chi connectivity index (χ1v) is 6.66. The molecule has 0 radical (unpaired) electrons. The molecule has 1 fully saturated rings. The predicted molar refractivity (Wildman–Crippen MR) is 74.5 cm³/mol. The Morgan fingerprint density at radius 3 is 3.18 bits per heavy atom. The first-order valence-electron chi connectivity index (χ1n) is 6.66. The van der Waals surface area contributed by atoms with E-state index in [9.17, 15) is 9.59 Å². The van der Waals surface area contributed by atoms with Crippen molar-refractivity contribution in [1.29, 1.82) is 0 Å². The van der Waals surface area contributed by atoms with Crippen molar-refractivity contribution < 1.29 is 23.7 Å². The number of aromatic nitrogens is 2. The van der Waals surface area contributed by atoms with Crippen LogP contribution in [-0.2, 0) is 23.7 Å². The summed E-state index contributed by atoms with van der Waals surface area (Å²) < 4.78 is 21.9. The molecule has 1 aliphatic rings. The molecule has 0 spiro atoms. The molecule has 2 N–H and O–H groups in total. The van der Waals surface area contributed by atoms with E-state index in [1.165, 1.54) is 23.1 Å². The fraction of sp³-hybridized carbons (Fsp3) is 0.462. The van der Waals surface area contributed by atoms with Crippen LogP contribution in [-0.4, -0.2) is 41.6 Å². The molecule has 0 amide bonds. The van der Waals surface area contributed by atoms with Crippen molar-refractivity contribution in [3.05, 3.63) is 35.1 Å². The van der Waals surface area contributed by atoms with E-state index >= 15 is 0 Å². The maximum absolute atomic E-state index is 11.7. The van der Waals surface area contributed by atoms with Gasteiger partial charge in [-0.3, -0.25) is 4.57 Å². The van der Waals surface area contributed by atoms with Crippen LogP contribution < -0.4 is 11.4 Å². The summed E-state index contributed by atoms with van der Waals surface area (Å²) in [6, 6.07) is 1.50. The van der Waals surface area contributed by atoms with Crippen molar-refractivity contribution in [3.63, 3.8) is 0 Å². The van der Waals surface area contributed by atoms with Crippen LogP contribution >= 0.6 is 0 Å². The molecule has 0 aromatic carbocycles. The third kappa shape index (κ3) is 4.30. The van der Waals surface area contributed by atoms with E-state index in [1.54, 1.807) is 6.92 Å². The van der Waals surface area contributed by atoms with Gasteiger partial charge < -0.3 is 24.7 Å². The van der Waals surface area contributed by atoms with Gasteiger partial charge in [-0.05, 0) is 13.0 Å². The molecule has 2 atom stereocenters. The van der Waals surface area contributed by atoms with E-state index in [1.807, 2.05) is 0 Å². The van der Waals surface area contributed by atoms with Gasteiger partial charge in [0.05, 0.1) is 25.6 Å². The highest BCUT2D eigenvalue weighted by molar-refractivity contribution is 5.81. The van der Waals surface area contributed by atoms with Crippen molar-refractivity contribution in [1.82, 2.24) is 9.55 Å². The Bertz CT molecular complexity index is 600. The van der Waals surface area contributed by atoms with E-state index in [4.69, 9.17) is 19.9 Å². The molecule has 2 heterocycles. The number of anilines is 1. The number of carbonyl (C=O) groups excluding carboxylic acids is 1. The summed E-state index contributed by atoms with van der Waals surface area (Å²) in [5.41, 5.74) is 4.90. The van der Waals surface area contributed by atoms with Gasteiger partial charge in [-0.2, -0.15) is 4.98 Å². The maximum atomic E-state index is 11.7. The molecular weight excluding hydrogens is 294 g/mol. The molecule has 0 aliphatic carbocycles. The van der Waals surface area contributed by atoms with Crippen molar-refractivity contribution in [3.8, 4) is 0 Å². The first kappa shape index (κ1) is 16.0. The lowest BCUT2D eigenvalue weighted by Gasteiger charge is -2.12. The van der Waals surface area contributed by atoms with Gasteiger partial charge in [0.25, 0.3) is 0 Å². The number of hydrogen-bond donors (Lipinski definition) is 1. The smallest absolute Gasteiger partial charge is 0.351 e. The van der Waals surface area contributed by atoms with Crippen LogP contribution in [0.5, 0.6) is 0 Å². The topological polar surface area (TPSA) is 115 Å². The Labute approximate surface area is 126 Å². The minimum atomic E-state index is -0.652. The van der Waals surface area contributed by atoms with Crippen LogP contribution in [0.15, 0.2) is 29.4 Å². The van der Waals surface area contributed by atoms with Gasteiger partial charge in [-0.25, -0.2) is 9.59 Å². The fourth-order valence-electron chi connectivity index (χ4n) is 1.75. The molecule has 9 nitrogen and oxygen atoms in total. The minimum Gasteiger partial charge on any atom is -0.496 e. The normalized spacial score (nSPS) is 21.1. The zero-order chi connectivity index (χ0) is 15.9. The van der Waals surface area contributed by atoms with Crippen molar-refractivity contribution in [2.45, 2.75) is 19.4 Å². The summed E-state index contributed by atoms with van der Waals surface area (Å²) in [4.78, 5) is 26.3.